The van der Waals surface area contributed by atoms with Gasteiger partial charge in [-0.2, -0.15) is 0 Å². The molecule has 16 heavy (non-hydrogen) atoms. The minimum atomic E-state index is 0.405. The van der Waals surface area contributed by atoms with Crippen LogP contribution in [0.15, 0.2) is 12.4 Å². The number of hydrogen-bond acceptors (Lipinski definition) is 5. The lowest BCUT2D eigenvalue weighted by Gasteiger charge is -2.15. The van der Waals surface area contributed by atoms with Crippen LogP contribution in [-0.4, -0.2) is 16.0 Å². The molecule has 0 aromatic carbocycles. The maximum atomic E-state index is 5.28. The Labute approximate surface area is 96.8 Å². The van der Waals surface area contributed by atoms with Crippen molar-refractivity contribution >= 4 is 11.6 Å². The standard InChI is InChI=1S/C11H21N5/c1-8(2)4-5-9(3)15-10-6-11(16-12)14-7-13-10/h6-9H,4-5,12H2,1-3H3,(H2,13,14,15,16). The van der Waals surface area contributed by atoms with Gasteiger partial charge in [-0.15, -0.1) is 0 Å². The molecule has 0 radical (unpaired) electrons. The number of nitrogens with zero attached hydrogens (tertiary/aromatic N) is 2. The molecule has 5 nitrogen and oxygen atoms in total. The van der Waals surface area contributed by atoms with E-state index in [1.54, 1.807) is 6.07 Å². The third kappa shape index (κ3) is 4.44. The zero-order valence-electron chi connectivity index (χ0n) is 10.2. The first-order valence-corrected chi connectivity index (χ1v) is 5.67. The van der Waals surface area contributed by atoms with E-state index in [1.165, 1.54) is 12.7 Å². The quantitative estimate of drug-likeness (QED) is 0.508. The van der Waals surface area contributed by atoms with Crippen LogP contribution in [-0.2, 0) is 0 Å². The van der Waals surface area contributed by atoms with Gasteiger partial charge in [0.1, 0.15) is 18.0 Å². The summed E-state index contributed by atoms with van der Waals surface area (Å²) < 4.78 is 0. The van der Waals surface area contributed by atoms with Gasteiger partial charge in [-0.3, -0.25) is 0 Å². The molecule has 1 heterocycles. The van der Waals surface area contributed by atoms with Crippen LogP contribution in [0.1, 0.15) is 33.6 Å². The van der Waals surface area contributed by atoms with Gasteiger partial charge in [0, 0.05) is 12.1 Å². The van der Waals surface area contributed by atoms with Crippen LogP contribution < -0.4 is 16.6 Å². The topological polar surface area (TPSA) is 75.9 Å². The Kier molecular flexibility index (Phi) is 4.98. The SMILES string of the molecule is CC(C)CCC(C)Nc1cc(NN)ncn1. The Morgan fingerprint density at radius 3 is 2.50 bits per heavy atom. The molecule has 0 saturated heterocycles. The zero-order valence-corrected chi connectivity index (χ0v) is 10.2. The second-order valence-electron chi connectivity index (χ2n) is 4.45. The summed E-state index contributed by atoms with van der Waals surface area (Å²) in [5.74, 6) is 7.44. The van der Waals surface area contributed by atoms with Crippen molar-refractivity contribution in [2.45, 2.75) is 39.7 Å². The van der Waals surface area contributed by atoms with Crippen LogP contribution >= 0.6 is 0 Å². The van der Waals surface area contributed by atoms with E-state index in [0.29, 0.717) is 11.9 Å². The smallest absolute Gasteiger partial charge is 0.145 e. The number of anilines is 2. The maximum absolute atomic E-state index is 5.28. The molecule has 1 aromatic heterocycles. The Bertz CT molecular complexity index is 313. The van der Waals surface area contributed by atoms with Crippen molar-refractivity contribution in [3.05, 3.63) is 12.4 Å². The fourth-order valence-corrected chi connectivity index (χ4v) is 1.42. The molecule has 0 aliphatic heterocycles. The third-order valence-corrected chi connectivity index (χ3v) is 2.39. The van der Waals surface area contributed by atoms with Crippen LogP contribution in [0, 0.1) is 5.92 Å². The minimum absolute atomic E-state index is 0.405. The van der Waals surface area contributed by atoms with E-state index < -0.39 is 0 Å². The molecule has 1 aromatic rings. The normalized spacial score (nSPS) is 12.6. The van der Waals surface area contributed by atoms with Crippen molar-refractivity contribution in [2.24, 2.45) is 11.8 Å². The summed E-state index contributed by atoms with van der Waals surface area (Å²) in [5.41, 5.74) is 2.50. The number of hydrogen-bond donors (Lipinski definition) is 3. The molecule has 90 valence electrons. The average molecular weight is 223 g/mol. The van der Waals surface area contributed by atoms with Crippen molar-refractivity contribution in [3.63, 3.8) is 0 Å². The number of nitrogen functional groups attached to an aromatic ring is 1. The Balaban J connectivity index is 2.45. The molecule has 4 N–H and O–H groups in total. The van der Waals surface area contributed by atoms with Crippen molar-refractivity contribution in [3.8, 4) is 0 Å². The van der Waals surface area contributed by atoms with Crippen LogP contribution in [0.2, 0.25) is 0 Å². The number of hydrazine groups is 1. The Hall–Kier alpha value is -1.36. The summed E-state index contributed by atoms with van der Waals surface area (Å²) in [6.45, 7) is 6.61. The third-order valence-electron chi connectivity index (χ3n) is 2.39. The second-order valence-corrected chi connectivity index (χ2v) is 4.45. The lowest BCUT2D eigenvalue weighted by Crippen LogP contribution is -2.17. The number of aromatic nitrogens is 2. The highest BCUT2D eigenvalue weighted by Gasteiger charge is 2.05. The summed E-state index contributed by atoms with van der Waals surface area (Å²) in [5, 5.41) is 3.33. The first kappa shape index (κ1) is 12.7. The molecule has 0 aliphatic carbocycles. The van der Waals surface area contributed by atoms with Gasteiger partial charge in [-0.1, -0.05) is 13.8 Å². The molecule has 0 spiro atoms. The van der Waals surface area contributed by atoms with Gasteiger partial charge in [0.25, 0.3) is 0 Å². The fraction of sp³-hybridized carbons (Fsp3) is 0.636. The van der Waals surface area contributed by atoms with Crippen molar-refractivity contribution in [1.82, 2.24) is 9.97 Å². The molecule has 0 fully saturated rings. The van der Waals surface area contributed by atoms with Gasteiger partial charge >= 0.3 is 0 Å². The van der Waals surface area contributed by atoms with Crippen LogP contribution in [0.25, 0.3) is 0 Å². The molecule has 5 heteroatoms. The van der Waals surface area contributed by atoms with Crippen LogP contribution in [0.5, 0.6) is 0 Å². The summed E-state index contributed by atoms with van der Waals surface area (Å²) in [7, 11) is 0. The summed E-state index contributed by atoms with van der Waals surface area (Å²) in [4.78, 5) is 8.09. The molecular weight excluding hydrogens is 202 g/mol. The monoisotopic (exact) mass is 223 g/mol. The van der Waals surface area contributed by atoms with Gasteiger partial charge in [-0.05, 0) is 25.7 Å². The lowest BCUT2D eigenvalue weighted by atomic mass is 10.0. The summed E-state index contributed by atoms with van der Waals surface area (Å²) in [6.07, 6.45) is 3.83. The van der Waals surface area contributed by atoms with Gasteiger partial charge in [-0.25, -0.2) is 15.8 Å². The Morgan fingerprint density at radius 1 is 1.19 bits per heavy atom. The van der Waals surface area contributed by atoms with Gasteiger partial charge in [0.15, 0.2) is 0 Å². The van der Waals surface area contributed by atoms with Crippen molar-refractivity contribution in [1.29, 1.82) is 0 Å². The minimum Gasteiger partial charge on any atom is -0.367 e. The van der Waals surface area contributed by atoms with E-state index in [2.05, 4.69) is 41.5 Å². The van der Waals surface area contributed by atoms with E-state index in [1.807, 2.05) is 0 Å². The highest BCUT2D eigenvalue weighted by atomic mass is 15.3. The molecule has 1 atom stereocenters. The van der Waals surface area contributed by atoms with E-state index >= 15 is 0 Å². The first-order valence-electron chi connectivity index (χ1n) is 5.67. The molecule has 0 aliphatic rings. The Morgan fingerprint density at radius 2 is 1.88 bits per heavy atom. The molecule has 0 saturated carbocycles. The highest BCUT2D eigenvalue weighted by molar-refractivity contribution is 5.45. The molecule has 1 rings (SSSR count). The number of nitrogens with two attached hydrogens (primary N) is 1. The van der Waals surface area contributed by atoms with E-state index in [0.717, 1.165) is 18.2 Å². The maximum Gasteiger partial charge on any atom is 0.145 e. The fourth-order valence-electron chi connectivity index (χ4n) is 1.42. The van der Waals surface area contributed by atoms with Crippen LogP contribution in [0.4, 0.5) is 11.6 Å². The predicted molar refractivity (Wildman–Crippen MR) is 67.0 cm³/mol. The van der Waals surface area contributed by atoms with Crippen LogP contribution in [0.3, 0.4) is 0 Å². The summed E-state index contributed by atoms with van der Waals surface area (Å²) >= 11 is 0. The predicted octanol–water partition coefficient (Wildman–Crippen LogP) is 2.00. The average Bonchev–Trinajstić information content (AvgIpc) is 2.26. The van der Waals surface area contributed by atoms with Gasteiger partial charge in [0.05, 0.1) is 0 Å². The summed E-state index contributed by atoms with van der Waals surface area (Å²) in [6, 6.07) is 2.20. The molecule has 0 amide bonds. The highest BCUT2D eigenvalue weighted by Crippen LogP contribution is 2.12. The van der Waals surface area contributed by atoms with E-state index in [9.17, 15) is 0 Å². The van der Waals surface area contributed by atoms with Crippen molar-refractivity contribution < 1.29 is 0 Å². The zero-order chi connectivity index (χ0) is 12.0. The molecule has 1 unspecified atom stereocenters. The lowest BCUT2D eigenvalue weighted by molar-refractivity contribution is 0.527. The number of nitrogens with one attached hydrogen (secondary N) is 2. The second kappa shape index (κ2) is 6.27. The van der Waals surface area contributed by atoms with Gasteiger partial charge in [0.2, 0.25) is 0 Å². The van der Waals surface area contributed by atoms with Crippen molar-refractivity contribution in [2.75, 3.05) is 10.7 Å². The molecular formula is C11H21N5. The molecule has 0 bridgehead atoms. The first-order chi connectivity index (χ1) is 7.61. The van der Waals surface area contributed by atoms with E-state index in [4.69, 9.17) is 5.84 Å². The largest absolute Gasteiger partial charge is 0.367 e. The number of rotatable bonds is 6. The van der Waals surface area contributed by atoms with Gasteiger partial charge < -0.3 is 10.7 Å². The van der Waals surface area contributed by atoms with E-state index in [-0.39, 0.29) is 0 Å².